The molecule has 0 radical (unpaired) electrons. The largest absolute Gasteiger partial charge is 0.310 e. The van der Waals surface area contributed by atoms with Crippen LogP contribution in [0.5, 0.6) is 0 Å². The Morgan fingerprint density at radius 2 is 1.87 bits per heavy atom. The molecule has 0 saturated carbocycles. The molecule has 1 aromatic rings. The summed E-state index contributed by atoms with van der Waals surface area (Å²) in [6.07, 6.45) is 0. The molecule has 0 unspecified atom stereocenters. The van der Waals surface area contributed by atoms with Crippen molar-refractivity contribution in [3.05, 3.63) is 35.4 Å². The lowest BCUT2D eigenvalue weighted by Gasteiger charge is -2.17. The van der Waals surface area contributed by atoms with Gasteiger partial charge in [-0.2, -0.15) is 0 Å². The molecule has 0 saturated heterocycles. The number of hydrogen-bond donors (Lipinski definition) is 1. The van der Waals surface area contributed by atoms with Crippen molar-refractivity contribution in [2.24, 2.45) is 5.92 Å². The Morgan fingerprint density at radius 1 is 1.20 bits per heavy atom. The highest BCUT2D eigenvalue weighted by molar-refractivity contribution is 5.18. The first kappa shape index (κ1) is 12.1. The van der Waals surface area contributed by atoms with Gasteiger partial charge in [-0.3, -0.25) is 0 Å². The van der Waals surface area contributed by atoms with Gasteiger partial charge in [0, 0.05) is 18.2 Å². The molecule has 1 nitrogen and oxygen atoms in total. The van der Waals surface area contributed by atoms with Gasteiger partial charge in [-0.25, -0.2) is 8.78 Å². The standard InChI is InChI=1S/C12H17F2N/c1-8(2)9(3)15-7-10-6-11(13)4-5-12(10)14/h4-6,8-9,15H,7H2,1-3H3/t9-/m1/s1. The summed E-state index contributed by atoms with van der Waals surface area (Å²) in [5, 5.41) is 3.16. The smallest absolute Gasteiger partial charge is 0.127 e. The number of benzene rings is 1. The zero-order chi connectivity index (χ0) is 11.4. The van der Waals surface area contributed by atoms with E-state index < -0.39 is 5.82 Å². The van der Waals surface area contributed by atoms with Crippen LogP contribution in [0.15, 0.2) is 18.2 Å². The summed E-state index contributed by atoms with van der Waals surface area (Å²) in [6.45, 7) is 6.56. The molecule has 0 amide bonds. The van der Waals surface area contributed by atoms with E-state index in [1.54, 1.807) is 0 Å². The second-order valence-corrected chi connectivity index (χ2v) is 4.15. The minimum absolute atomic E-state index is 0.285. The van der Waals surface area contributed by atoms with Crippen molar-refractivity contribution in [1.29, 1.82) is 0 Å². The van der Waals surface area contributed by atoms with Crippen molar-refractivity contribution in [3.8, 4) is 0 Å². The monoisotopic (exact) mass is 213 g/mol. The molecule has 0 spiro atoms. The van der Waals surface area contributed by atoms with E-state index in [-0.39, 0.29) is 11.9 Å². The van der Waals surface area contributed by atoms with Crippen LogP contribution >= 0.6 is 0 Å². The molecule has 1 rings (SSSR count). The van der Waals surface area contributed by atoms with Crippen LogP contribution in [0.3, 0.4) is 0 Å². The van der Waals surface area contributed by atoms with E-state index in [4.69, 9.17) is 0 Å². The average molecular weight is 213 g/mol. The van der Waals surface area contributed by atoms with Crippen molar-refractivity contribution in [3.63, 3.8) is 0 Å². The van der Waals surface area contributed by atoms with Gasteiger partial charge in [0.1, 0.15) is 11.6 Å². The fraction of sp³-hybridized carbons (Fsp3) is 0.500. The predicted molar refractivity (Wildman–Crippen MR) is 57.5 cm³/mol. The molecule has 0 aliphatic carbocycles. The van der Waals surface area contributed by atoms with E-state index >= 15 is 0 Å². The molecule has 1 atom stereocenters. The average Bonchev–Trinajstić information content (AvgIpc) is 2.18. The SMILES string of the molecule is CC(C)[C@@H](C)NCc1cc(F)ccc1F. The summed E-state index contributed by atoms with van der Waals surface area (Å²) >= 11 is 0. The first-order valence-corrected chi connectivity index (χ1v) is 5.18. The van der Waals surface area contributed by atoms with Gasteiger partial charge in [-0.15, -0.1) is 0 Å². The van der Waals surface area contributed by atoms with Crippen molar-refractivity contribution in [1.82, 2.24) is 5.32 Å². The zero-order valence-corrected chi connectivity index (χ0v) is 9.35. The van der Waals surface area contributed by atoms with Crippen LogP contribution in [0.1, 0.15) is 26.3 Å². The Bertz CT molecular complexity index is 323. The lowest BCUT2D eigenvalue weighted by Crippen LogP contribution is -2.30. The van der Waals surface area contributed by atoms with Crippen LogP contribution in [-0.4, -0.2) is 6.04 Å². The highest BCUT2D eigenvalue weighted by Crippen LogP contribution is 2.10. The van der Waals surface area contributed by atoms with E-state index in [0.29, 0.717) is 18.0 Å². The van der Waals surface area contributed by atoms with Crippen molar-refractivity contribution in [2.45, 2.75) is 33.4 Å². The first-order valence-electron chi connectivity index (χ1n) is 5.18. The van der Waals surface area contributed by atoms with Gasteiger partial charge in [-0.1, -0.05) is 13.8 Å². The number of hydrogen-bond acceptors (Lipinski definition) is 1. The lowest BCUT2D eigenvalue weighted by molar-refractivity contribution is 0.421. The van der Waals surface area contributed by atoms with Gasteiger partial charge in [0.05, 0.1) is 0 Å². The molecule has 0 bridgehead atoms. The quantitative estimate of drug-likeness (QED) is 0.810. The van der Waals surface area contributed by atoms with E-state index in [2.05, 4.69) is 19.2 Å². The van der Waals surface area contributed by atoms with Gasteiger partial charge in [0.2, 0.25) is 0 Å². The third kappa shape index (κ3) is 3.59. The highest BCUT2D eigenvalue weighted by atomic mass is 19.1. The molecular weight excluding hydrogens is 196 g/mol. The summed E-state index contributed by atoms with van der Waals surface area (Å²) in [7, 11) is 0. The Kier molecular flexibility index (Phi) is 4.21. The Labute approximate surface area is 89.5 Å². The van der Waals surface area contributed by atoms with E-state index in [1.165, 1.54) is 6.07 Å². The van der Waals surface area contributed by atoms with E-state index in [9.17, 15) is 8.78 Å². The third-order valence-electron chi connectivity index (χ3n) is 2.62. The number of rotatable bonds is 4. The van der Waals surface area contributed by atoms with Crippen LogP contribution in [-0.2, 0) is 6.54 Å². The molecule has 84 valence electrons. The van der Waals surface area contributed by atoms with Gasteiger partial charge in [0.15, 0.2) is 0 Å². The molecule has 3 heteroatoms. The maximum Gasteiger partial charge on any atom is 0.127 e. The first-order chi connectivity index (χ1) is 7.00. The lowest BCUT2D eigenvalue weighted by atomic mass is 10.1. The maximum absolute atomic E-state index is 13.2. The number of halogens is 2. The Balaban J connectivity index is 2.61. The van der Waals surface area contributed by atoms with Gasteiger partial charge < -0.3 is 5.32 Å². The second kappa shape index (κ2) is 5.21. The topological polar surface area (TPSA) is 12.0 Å². The van der Waals surface area contributed by atoms with Gasteiger partial charge >= 0.3 is 0 Å². The zero-order valence-electron chi connectivity index (χ0n) is 9.35. The molecule has 0 aliphatic heterocycles. The normalized spacial score (nSPS) is 13.2. The van der Waals surface area contributed by atoms with Crippen molar-refractivity contribution in [2.75, 3.05) is 0 Å². The van der Waals surface area contributed by atoms with Crippen LogP contribution in [0.25, 0.3) is 0 Å². The summed E-state index contributed by atoms with van der Waals surface area (Å²) in [4.78, 5) is 0. The van der Waals surface area contributed by atoms with Crippen molar-refractivity contribution >= 4 is 0 Å². The summed E-state index contributed by atoms with van der Waals surface area (Å²) < 4.78 is 26.1. The van der Waals surface area contributed by atoms with Gasteiger partial charge in [0.25, 0.3) is 0 Å². The molecule has 0 fully saturated rings. The molecule has 1 N–H and O–H groups in total. The fourth-order valence-electron chi connectivity index (χ4n) is 1.19. The maximum atomic E-state index is 13.2. The van der Waals surface area contributed by atoms with Crippen LogP contribution in [0.4, 0.5) is 8.78 Å². The predicted octanol–water partition coefficient (Wildman–Crippen LogP) is 3.10. The molecule has 0 heterocycles. The van der Waals surface area contributed by atoms with E-state index in [0.717, 1.165) is 12.1 Å². The van der Waals surface area contributed by atoms with Gasteiger partial charge in [-0.05, 0) is 31.0 Å². The summed E-state index contributed by atoms with van der Waals surface area (Å²) in [5.74, 6) is -0.285. The van der Waals surface area contributed by atoms with Crippen LogP contribution in [0.2, 0.25) is 0 Å². The summed E-state index contributed by atoms with van der Waals surface area (Å²) in [6, 6.07) is 3.81. The third-order valence-corrected chi connectivity index (χ3v) is 2.62. The van der Waals surface area contributed by atoms with Crippen LogP contribution in [0, 0.1) is 17.6 Å². The highest BCUT2D eigenvalue weighted by Gasteiger charge is 2.08. The minimum Gasteiger partial charge on any atom is -0.310 e. The number of nitrogens with one attached hydrogen (secondary N) is 1. The molecular formula is C12H17F2N. The van der Waals surface area contributed by atoms with Crippen LogP contribution < -0.4 is 5.32 Å². The fourth-order valence-corrected chi connectivity index (χ4v) is 1.19. The molecule has 0 aliphatic rings. The van der Waals surface area contributed by atoms with Crippen molar-refractivity contribution < 1.29 is 8.78 Å². The second-order valence-electron chi connectivity index (χ2n) is 4.15. The van der Waals surface area contributed by atoms with E-state index in [1.807, 2.05) is 6.92 Å². The summed E-state index contributed by atoms with van der Waals surface area (Å²) in [5.41, 5.74) is 0.377. The molecule has 15 heavy (non-hydrogen) atoms. The minimum atomic E-state index is -0.398. The molecule has 1 aromatic carbocycles. The Morgan fingerprint density at radius 3 is 2.47 bits per heavy atom. The molecule has 0 aromatic heterocycles. The Hall–Kier alpha value is -0.960.